The molecule has 0 saturated carbocycles. The maximum atomic E-state index is 12.3. The van der Waals surface area contributed by atoms with Crippen LogP contribution in [-0.2, 0) is 0 Å². The molecule has 25 heavy (non-hydrogen) atoms. The molecule has 1 aromatic heterocycles. The Morgan fingerprint density at radius 2 is 1.96 bits per heavy atom. The van der Waals surface area contributed by atoms with Crippen LogP contribution in [0.5, 0.6) is 5.75 Å². The number of urea groups is 1. The molecule has 0 bridgehead atoms. The standard InChI is InChI=1S/C20H21N3O2/c1-2-23(17-8-4-3-5-9-17)20(24)22-13-14-25-18-10-11-19-16(15-18)7-6-12-21-19/h3-12,15H,2,13-14H2,1H3,(H,22,24). The number of hydrogen-bond acceptors (Lipinski definition) is 3. The van der Waals surface area contributed by atoms with Crippen LogP contribution in [0.15, 0.2) is 66.9 Å². The molecule has 0 fully saturated rings. The third kappa shape index (κ3) is 4.26. The average molecular weight is 335 g/mol. The number of carbonyl (C=O) groups is 1. The van der Waals surface area contributed by atoms with E-state index in [9.17, 15) is 4.79 Å². The van der Waals surface area contributed by atoms with Gasteiger partial charge in [-0.15, -0.1) is 0 Å². The lowest BCUT2D eigenvalue weighted by molar-refractivity contribution is 0.242. The highest BCUT2D eigenvalue weighted by Gasteiger charge is 2.12. The summed E-state index contributed by atoms with van der Waals surface area (Å²) < 4.78 is 5.72. The second kappa shape index (κ2) is 8.15. The zero-order valence-electron chi connectivity index (χ0n) is 14.2. The number of fused-ring (bicyclic) bond motifs is 1. The van der Waals surface area contributed by atoms with Crippen molar-refractivity contribution in [2.45, 2.75) is 6.92 Å². The minimum absolute atomic E-state index is 0.125. The number of anilines is 1. The summed E-state index contributed by atoms with van der Waals surface area (Å²) in [5.41, 5.74) is 1.81. The summed E-state index contributed by atoms with van der Waals surface area (Å²) in [4.78, 5) is 18.3. The van der Waals surface area contributed by atoms with Gasteiger partial charge in [0.2, 0.25) is 0 Å². The van der Waals surface area contributed by atoms with Gasteiger partial charge in [0.25, 0.3) is 0 Å². The molecule has 3 rings (SSSR count). The van der Waals surface area contributed by atoms with Crippen molar-refractivity contribution in [2.75, 3.05) is 24.6 Å². The van der Waals surface area contributed by atoms with Gasteiger partial charge in [-0.05, 0) is 43.3 Å². The highest BCUT2D eigenvalue weighted by atomic mass is 16.5. The minimum atomic E-state index is -0.125. The van der Waals surface area contributed by atoms with Crippen LogP contribution in [-0.4, -0.2) is 30.7 Å². The molecule has 3 aromatic rings. The van der Waals surface area contributed by atoms with Gasteiger partial charge in [-0.3, -0.25) is 9.88 Å². The number of rotatable bonds is 6. The van der Waals surface area contributed by atoms with E-state index in [1.54, 1.807) is 11.1 Å². The first-order chi connectivity index (χ1) is 12.3. The summed E-state index contributed by atoms with van der Waals surface area (Å²) in [5, 5.41) is 3.92. The van der Waals surface area contributed by atoms with E-state index < -0.39 is 0 Å². The number of ether oxygens (including phenoxy) is 1. The molecule has 2 amide bonds. The van der Waals surface area contributed by atoms with Crippen molar-refractivity contribution in [3.05, 3.63) is 66.9 Å². The van der Waals surface area contributed by atoms with Crippen molar-refractivity contribution in [3.8, 4) is 5.75 Å². The van der Waals surface area contributed by atoms with Crippen molar-refractivity contribution in [1.82, 2.24) is 10.3 Å². The second-order valence-corrected chi connectivity index (χ2v) is 5.52. The Bertz CT molecular complexity index is 836. The lowest BCUT2D eigenvalue weighted by Gasteiger charge is -2.21. The molecule has 0 saturated heterocycles. The Kier molecular flexibility index (Phi) is 5.46. The first kappa shape index (κ1) is 16.8. The third-order valence-electron chi connectivity index (χ3n) is 3.85. The van der Waals surface area contributed by atoms with Gasteiger partial charge >= 0.3 is 6.03 Å². The monoisotopic (exact) mass is 335 g/mol. The van der Waals surface area contributed by atoms with E-state index in [0.717, 1.165) is 22.3 Å². The van der Waals surface area contributed by atoms with Crippen molar-refractivity contribution in [1.29, 1.82) is 0 Å². The van der Waals surface area contributed by atoms with E-state index in [1.807, 2.05) is 67.6 Å². The summed E-state index contributed by atoms with van der Waals surface area (Å²) in [7, 11) is 0. The smallest absolute Gasteiger partial charge is 0.321 e. The Hall–Kier alpha value is -3.08. The van der Waals surface area contributed by atoms with Gasteiger partial charge in [0, 0.05) is 23.8 Å². The van der Waals surface area contributed by atoms with E-state index in [2.05, 4.69) is 10.3 Å². The average Bonchev–Trinajstić information content (AvgIpc) is 2.66. The summed E-state index contributed by atoms with van der Waals surface area (Å²) in [6.45, 7) is 3.40. The van der Waals surface area contributed by atoms with Gasteiger partial charge in [0.05, 0.1) is 12.1 Å². The number of nitrogens with one attached hydrogen (secondary N) is 1. The van der Waals surface area contributed by atoms with Gasteiger partial charge in [-0.1, -0.05) is 24.3 Å². The van der Waals surface area contributed by atoms with E-state index in [1.165, 1.54) is 0 Å². The van der Waals surface area contributed by atoms with Gasteiger partial charge in [-0.25, -0.2) is 4.79 Å². The van der Waals surface area contributed by atoms with Crippen LogP contribution in [0.4, 0.5) is 10.5 Å². The molecule has 5 heteroatoms. The SMILES string of the molecule is CCN(C(=O)NCCOc1ccc2ncccc2c1)c1ccccc1. The van der Waals surface area contributed by atoms with Gasteiger partial charge in [0.1, 0.15) is 12.4 Å². The van der Waals surface area contributed by atoms with Crippen LogP contribution in [0.3, 0.4) is 0 Å². The molecule has 0 atom stereocenters. The Morgan fingerprint density at radius 1 is 1.12 bits per heavy atom. The van der Waals surface area contributed by atoms with Gasteiger partial charge in [-0.2, -0.15) is 0 Å². The molecule has 0 aliphatic heterocycles. The lowest BCUT2D eigenvalue weighted by Crippen LogP contribution is -2.41. The van der Waals surface area contributed by atoms with Gasteiger partial charge in [0.15, 0.2) is 0 Å². The number of aromatic nitrogens is 1. The minimum Gasteiger partial charge on any atom is -0.492 e. The van der Waals surface area contributed by atoms with Crippen LogP contribution in [0.1, 0.15) is 6.92 Å². The fourth-order valence-electron chi connectivity index (χ4n) is 2.62. The number of pyridine rings is 1. The lowest BCUT2D eigenvalue weighted by atomic mass is 10.2. The molecular formula is C20H21N3O2. The van der Waals surface area contributed by atoms with Crippen LogP contribution in [0, 0.1) is 0 Å². The van der Waals surface area contributed by atoms with Crippen LogP contribution in [0.2, 0.25) is 0 Å². The van der Waals surface area contributed by atoms with Crippen molar-refractivity contribution >= 4 is 22.6 Å². The maximum absolute atomic E-state index is 12.3. The topological polar surface area (TPSA) is 54.5 Å². The Labute approximate surface area is 147 Å². The Morgan fingerprint density at radius 3 is 2.76 bits per heavy atom. The molecule has 1 heterocycles. The third-order valence-corrected chi connectivity index (χ3v) is 3.85. The summed E-state index contributed by atoms with van der Waals surface area (Å²) >= 11 is 0. The maximum Gasteiger partial charge on any atom is 0.321 e. The Balaban J connectivity index is 1.51. The summed E-state index contributed by atoms with van der Waals surface area (Å²) in [6, 6.07) is 19.1. The highest BCUT2D eigenvalue weighted by Crippen LogP contribution is 2.18. The molecule has 2 aromatic carbocycles. The first-order valence-corrected chi connectivity index (χ1v) is 8.36. The molecule has 1 N–H and O–H groups in total. The second-order valence-electron chi connectivity index (χ2n) is 5.52. The number of hydrogen-bond donors (Lipinski definition) is 1. The number of carbonyl (C=O) groups excluding carboxylic acids is 1. The number of benzene rings is 2. The van der Waals surface area contributed by atoms with Crippen molar-refractivity contribution in [2.24, 2.45) is 0 Å². The fraction of sp³-hybridized carbons (Fsp3) is 0.200. The van der Waals surface area contributed by atoms with E-state index in [0.29, 0.717) is 19.7 Å². The van der Waals surface area contributed by atoms with Crippen molar-refractivity contribution < 1.29 is 9.53 Å². The quantitative estimate of drug-likeness (QED) is 0.696. The number of amides is 2. The predicted octanol–water partition coefficient (Wildman–Crippen LogP) is 3.85. The van der Waals surface area contributed by atoms with Gasteiger partial charge < -0.3 is 10.1 Å². The zero-order valence-corrected chi connectivity index (χ0v) is 14.2. The number of nitrogens with zero attached hydrogens (tertiary/aromatic N) is 2. The normalized spacial score (nSPS) is 10.4. The zero-order chi connectivity index (χ0) is 17.5. The molecule has 0 radical (unpaired) electrons. The van der Waals surface area contributed by atoms with Crippen molar-refractivity contribution in [3.63, 3.8) is 0 Å². The van der Waals surface area contributed by atoms with Crippen LogP contribution in [0.25, 0.3) is 10.9 Å². The van der Waals surface area contributed by atoms with E-state index >= 15 is 0 Å². The fourth-order valence-corrected chi connectivity index (χ4v) is 2.62. The first-order valence-electron chi connectivity index (χ1n) is 8.36. The summed E-state index contributed by atoms with van der Waals surface area (Å²) in [6.07, 6.45) is 1.77. The largest absolute Gasteiger partial charge is 0.492 e. The predicted molar refractivity (Wildman–Crippen MR) is 100 cm³/mol. The van der Waals surface area contributed by atoms with Crippen LogP contribution < -0.4 is 15.0 Å². The summed E-state index contributed by atoms with van der Waals surface area (Å²) in [5.74, 6) is 0.769. The van der Waals surface area contributed by atoms with Crippen LogP contribution >= 0.6 is 0 Å². The number of para-hydroxylation sites is 1. The highest BCUT2D eigenvalue weighted by molar-refractivity contribution is 5.91. The molecular weight excluding hydrogens is 314 g/mol. The van der Waals surface area contributed by atoms with E-state index in [-0.39, 0.29) is 6.03 Å². The molecule has 0 aliphatic rings. The molecule has 0 spiro atoms. The molecule has 0 unspecified atom stereocenters. The van der Waals surface area contributed by atoms with E-state index in [4.69, 9.17) is 4.74 Å². The molecule has 5 nitrogen and oxygen atoms in total. The molecule has 0 aliphatic carbocycles. The molecule has 128 valence electrons.